The molecule has 4 heteroatoms. The van der Waals surface area contributed by atoms with E-state index < -0.39 is 0 Å². The van der Waals surface area contributed by atoms with Crippen LogP contribution in [0.5, 0.6) is 0 Å². The van der Waals surface area contributed by atoms with Gasteiger partial charge in [0, 0.05) is 23.8 Å². The van der Waals surface area contributed by atoms with Crippen LogP contribution in [0.3, 0.4) is 0 Å². The van der Waals surface area contributed by atoms with E-state index in [1.807, 2.05) is 17.9 Å². The average Bonchev–Trinajstić information content (AvgIpc) is 3.48. The SMILES string of the molecule is CCN(C(=O)Nc1cccc(C(C)=O)c1)[C@H](Cc1ccc(C)cc1)C1CC1. The zero-order chi connectivity index (χ0) is 19.4. The second kappa shape index (κ2) is 8.38. The molecule has 2 amide bonds. The molecule has 0 radical (unpaired) electrons. The zero-order valence-electron chi connectivity index (χ0n) is 16.4. The largest absolute Gasteiger partial charge is 0.322 e. The molecule has 0 aliphatic heterocycles. The maximum absolute atomic E-state index is 13.0. The fourth-order valence-corrected chi connectivity index (χ4v) is 3.52. The molecule has 0 heterocycles. The molecule has 0 unspecified atom stereocenters. The summed E-state index contributed by atoms with van der Waals surface area (Å²) < 4.78 is 0. The third kappa shape index (κ3) is 4.97. The van der Waals surface area contributed by atoms with E-state index in [9.17, 15) is 9.59 Å². The number of ketones is 1. The lowest BCUT2D eigenvalue weighted by atomic mass is 10.00. The third-order valence-corrected chi connectivity index (χ3v) is 5.25. The minimum Gasteiger partial charge on any atom is -0.321 e. The second-order valence-corrected chi connectivity index (χ2v) is 7.45. The Balaban J connectivity index is 1.74. The maximum Gasteiger partial charge on any atom is 0.322 e. The lowest BCUT2D eigenvalue weighted by Crippen LogP contribution is -2.45. The molecule has 2 aromatic carbocycles. The fourth-order valence-electron chi connectivity index (χ4n) is 3.52. The molecule has 4 nitrogen and oxygen atoms in total. The monoisotopic (exact) mass is 364 g/mol. The second-order valence-electron chi connectivity index (χ2n) is 7.45. The van der Waals surface area contributed by atoms with Gasteiger partial charge in [-0.25, -0.2) is 4.79 Å². The predicted molar refractivity (Wildman–Crippen MR) is 109 cm³/mol. The van der Waals surface area contributed by atoms with Crippen molar-refractivity contribution in [2.45, 2.75) is 46.1 Å². The smallest absolute Gasteiger partial charge is 0.321 e. The van der Waals surface area contributed by atoms with Gasteiger partial charge in [0.05, 0.1) is 0 Å². The first kappa shape index (κ1) is 19.2. The molecular weight excluding hydrogens is 336 g/mol. The molecule has 1 N–H and O–H groups in total. The number of benzene rings is 2. The van der Waals surface area contributed by atoms with Gasteiger partial charge in [0.15, 0.2) is 5.78 Å². The van der Waals surface area contributed by atoms with Crippen LogP contribution >= 0.6 is 0 Å². The summed E-state index contributed by atoms with van der Waals surface area (Å²) in [7, 11) is 0. The Bertz CT molecular complexity index is 809. The number of amides is 2. The van der Waals surface area contributed by atoms with Crippen molar-refractivity contribution in [2.75, 3.05) is 11.9 Å². The Labute approximate surface area is 161 Å². The lowest BCUT2D eigenvalue weighted by molar-refractivity contribution is 0.101. The molecule has 3 rings (SSSR count). The van der Waals surface area contributed by atoms with Crippen molar-refractivity contribution < 1.29 is 9.59 Å². The molecule has 2 aromatic rings. The Morgan fingerprint density at radius 1 is 1.15 bits per heavy atom. The fraction of sp³-hybridized carbons (Fsp3) is 0.391. The summed E-state index contributed by atoms with van der Waals surface area (Å²) in [4.78, 5) is 26.5. The van der Waals surface area contributed by atoms with Gasteiger partial charge < -0.3 is 10.2 Å². The summed E-state index contributed by atoms with van der Waals surface area (Å²) in [5.74, 6) is 0.564. The molecule has 0 spiro atoms. The van der Waals surface area contributed by atoms with E-state index >= 15 is 0 Å². The van der Waals surface area contributed by atoms with Gasteiger partial charge in [-0.1, -0.05) is 42.0 Å². The van der Waals surface area contributed by atoms with Crippen LogP contribution < -0.4 is 5.32 Å². The average molecular weight is 364 g/mol. The number of carbonyl (C=O) groups is 2. The van der Waals surface area contributed by atoms with Gasteiger partial charge in [0.25, 0.3) is 0 Å². The van der Waals surface area contributed by atoms with Crippen LogP contribution in [-0.4, -0.2) is 29.3 Å². The standard InChI is InChI=1S/C23H28N2O2/c1-4-25(23(27)24-21-7-5-6-20(15-21)17(3)26)22(19-12-13-19)14-18-10-8-16(2)9-11-18/h5-11,15,19,22H,4,12-14H2,1-3H3,(H,24,27)/t22-/m1/s1. The molecule has 142 valence electrons. The highest BCUT2D eigenvalue weighted by Crippen LogP contribution is 2.37. The number of carbonyl (C=O) groups excluding carboxylic acids is 2. The molecule has 1 aliphatic rings. The van der Waals surface area contributed by atoms with Gasteiger partial charge in [0.1, 0.15) is 0 Å². The quantitative estimate of drug-likeness (QED) is 0.697. The number of likely N-dealkylation sites (N-methyl/N-ethyl adjacent to an activating group) is 1. The summed E-state index contributed by atoms with van der Waals surface area (Å²) in [5.41, 5.74) is 3.78. The highest BCUT2D eigenvalue weighted by molar-refractivity contribution is 5.96. The first-order valence-corrected chi connectivity index (χ1v) is 9.72. The van der Waals surface area contributed by atoms with Gasteiger partial charge in [-0.05, 0) is 63.6 Å². The lowest BCUT2D eigenvalue weighted by Gasteiger charge is -2.31. The summed E-state index contributed by atoms with van der Waals surface area (Å²) in [6, 6.07) is 15.8. The van der Waals surface area contributed by atoms with Gasteiger partial charge in [-0.15, -0.1) is 0 Å². The van der Waals surface area contributed by atoms with Crippen LogP contribution in [-0.2, 0) is 6.42 Å². The summed E-state index contributed by atoms with van der Waals surface area (Å²) >= 11 is 0. The van der Waals surface area contributed by atoms with Crippen LogP contribution in [0.25, 0.3) is 0 Å². The molecule has 0 saturated heterocycles. The molecule has 1 fully saturated rings. The summed E-state index contributed by atoms with van der Waals surface area (Å²) in [6.45, 7) is 6.30. The number of Topliss-reactive ketones (excluding diaryl/α,β-unsaturated/α-hetero) is 1. The van der Waals surface area contributed by atoms with Crippen molar-refractivity contribution in [3.63, 3.8) is 0 Å². The van der Waals surface area contributed by atoms with Crippen LogP contribution in [0.1, 0.15) is 48.2 Å². The molecular formula is C23H28N2O2. The molecule has 1 aliphatic carbocycles. The van der Waals surface area contributed by atoms with E-state index in [0.29, 0.717) is 23.7 Å². The predicted octanol–water partition coefficient (Wildman–Crippen LogP) is 5.07. The van der Waals surface area contributed by atoms with E-state index in [1.165, 1.54) is 30.9 Å². The molecule has 1 atom stereocenters. The Morgan fingerprint density at radius 3 is 2.44 bits per heavy atom. The highest BCUT2D eigenvalue weighted by Gasteiger charge is 2.36. The Morgan fingerprint density at radius 2 is 1.85 bits per heavy atom. The van der Waals surface area contributed by atoms with Gasteiger partial charge in [0.2, 0.25) is 0 Å². The van der Waals surface area contributed by atoms with Crippen molar-refractivity contribution in [3.05, 3.63) is 65.2 Å². The topological polar surface area (TPSA) is 49.4 Å². The number of hydrogen-bond donors (Lipinski definition) is 1. The number of aryl methyl sites for hydroxylation is 1. The Kier molecular flexibility index (Phi) is 5.94. The van der Waals surface area contributed by atoms with Crippen molar-refractivity contribution in [1.82, 2.24) is 4.90 Å². The normalized spacial score (nSPS) is 14.5. The van der Waals surface area contributed by atoms with Crippen LogP contribution in [0.4, 0.5) is 10.5 Å². The third-order valence-electron chi connectivity index (χ3n) is 5.25. The van der Waals surface area contributed by atoms with Crippen molar-refractivity contribution in [2.24, 2.45) is 5.92 Å². The first-order chi connectivity index (χ1) is 13.0. The summed E-state index contributed by atoms with van der Waals surface area (Å²) in [5, 5.41) is 2.98. The molecule has 27 heavy (non-hydrogen) atoms. The van der Waals surface area contributed by atoms with E-state index in [-0.39, 0.29) is 17.9 Å². The van der Waals surface area contributed by atoms with E-state index in [1.54, 1.807) is 18.2 Å². The van der Waals surface area contributed by atoms with Gasteiger partial charge >= 0.3 is 6.03 Å². The van der Waals surface area contributed by atoms with Crippen LogP contribution in [0.2, 0.25) is 0 Å². The van der Waals surface area contributed by atoms with E-state index in [2.05, 4.69) is 36.5 Å². The number of nitrogens with one attached hydrogen (secondary N) is 1. The number of rotatable bonds is 7. The number of urea groups is 1. The summed E-state index contributed by atoms with van der Waals surface area (Å²) in [6.07, 6.45) is 3.24. The Hall–Kier alpha value is -2.62. The molecule has 0 aromatic heterocycles. The minimum atomic E-state index is -0.0952. The first-order valence-electron chi connectivity index (χ1n) is 9.72. The highest BCUT2D eigenvalue weighted by atomic mass is 16.2. The van der Waals surface area contributed by atoms with Crippen molar-refractivity contribution in [3.8, 4) is 0 Å². The van der Waals surface area contributed by atoms with E-state index in [4.69, 9.17) is 0 Å². The van der Waals surface area contributed by atoms with Crippen LogP contribution in [0, 0.1) is 12.8 Å². The number of anilines is 1. The van der Waals surface area contributed by atoms with Gasteiger partial charge in [-0.3, -0.25) is 4.79 Å². The maximum atomic E-state index is 13.0. The number of nitrogens with zero attached hydrogens (tertiary/aromatic N) is 1. The molecule has 0 bridgehead atoms. The van der Waals surface area contributed by atoms with Crippen molar-refractivity contribution in [1.29, 1.82) is 0 Å². The number of hydrogen-bond acceptors (Lipinski definition) is 2. The zero-order valence-corrected chi connectivity index (χ0v) is 16.4. The van der Waals surface area contributed by atoms with Crippen molar-refractivity contribution >= 4 is 17.5 Å². The minimum absolute atomic E-state index is 0.00586. The van der Waals surface area contributed by atoms with E-state index in [0.717, 1.165) is 6.42 Å². The molecule has 1 saturated carbocycles. The van der Waals surface area contributed by atoms with Crippen LogP contribution in [0.15, 0.2) is 48.5 Å². The van der Waals surface area contributed by atoms with Gasteiger partial charge in [-0.2, -0.15) is 0 Å².